The maximum Gasteiger partial charge on any atom is 0.416 e. The van der Waals surface area contributed by atoms with Crippen LogP contribution in [0, 0.1) is 12.8 Å². The predicted molar refractivity (Wildman–Crippen MR) is 80.0 cm³/mol. The Balaban J connectivity index is 1.65. The van der Waals surface area contributed by atoms with Crippen LogP contribution in [0.2, 0.25) is 0 Å². The summed E-state index contributed by atoms with van der Waals surface area (Å²) in [6.45, 7) is 2.09. The highest BCUT2D eigenvalue weighted by Gasteiger charge is 2.45. The molecular formula is C17H17F3N2O2. The van der Waals surface area contributed by atoms with Crippen LogP contribution in [0.25, 0.3) is 0 Å². The van der Waals surface area contributed by atoms with Crippen molar-refractivity contribution in [2.75, 3.05) is 7.05 Å². The summed E-state index contributed by atoms with van der Waals surface area (Å²) in [6.07, 6.45) is -3.80. The van der Waals surface area contributed by atoms with Crippen LogP contribution in [0.3, 0.4) is 0 Å². The van der Waals surface area contributed by atoms with Gasteiger partial charge in [-0.3, -0.25) is 4.79 Å². The van der Waals surface area contributed by atoms with Gasteiger partial charge in [-0.15, -0.1) is 0 Å². The zero-order chi connectivity index (χ0) is 17.5. The summed E-state index contributed by atoms with van der Waals surface area (Å²) in [7, 11) is 1.66. The molecule has 2 aromatic rings. The number of benzene rings is 1. The number of amides is 1. The molecule has 1 heterocycles. The van der Waals surface area contributed by atoms with Crippen LogP contribution in [0.1, 0.15) is 34.9 Å². The van der Waals surface area contributed by atoms with Crippen molar-refractivity contribution >= 4 is 5.91 Å². The molecule has 0 spiro atoms. The van der Waals surface area contributed by atoms with E-state index in [2.05, 4.69) is 5.16 Å². The molecular weight excluding hydrogens is 321 g/mol. The summed E-state index contributed by atoms with van der Waals surface area (Å²) < 4.78 is 43.3. The number of carbonyl (C=O) groups is 1. The lowest BCUT2D eigenvalue weighted by molar-refractivity contribution is -0.137. The second-order valence-electron chi connectivity index (χ2n) is 6.20. The number of hydrogen-bond donors (Lipinski definition) is 0. The average Bonchev–Trinajstić information content (AvgIpc) is 3.22. The Hall–Kier alpha value is -2.31. The van der Waals surface area contributed by atoms with E-state index in [1.807, 2.05) is 0 Å². The van der Waals surface area contributed by atoms with Gasteiger partial charge in [0, 0.05) is 19.0 Å². The van der Waals surface area contributed by atoms with Crippen LogP contribution in [0.15, 0.2) is 34.9 Å². The molecule has 1 aliphatic carbocycles. The van der Waals surface area contributed by atoms with E-state index in [0.29, 0.717) is 30.0 Å². The summed E-state index contributed by atoms with van der Waals surface area (Å²) in [5.41, 5.74) is 0.540. The summed E-state index contributed by atoms with van der Waals surface area (Å²) in [5, 5.41) is 3.84. The molecule has 0 bridgehead atoms. The van der Waals surface area contributed by atoms with Crippen molar-refractivity contribution in [3.8, 4) is 0 Å². The van der Waals surface area contributed by atoms with Crippen molar-refractivity contribution in [2.24, 2.45) is 5.92 Å². The largest absolute Gasteiger partial charge is 0.416 e. The van der Waals surface area contributed by atoms with Crippen LogP contribution in [-0.4, -0.2) is 23.0 Å². The lowest BCUT2D eigenvalue weighted by atomic mass is 10.1. The van der Waals surface area contributed by atoms with Gasteiger partial charge in [-0.1, -0.05) is 23.4 Å². The van der Waals surface area contributed by atoms with Gasteiger partial charge in [0.1, 0.15) is 11.5 Å². The number of hydrogen-bond acceptors (Lipinski definition) is 3. The summed E-state index contributed by atoms with van der Waals surface area (Å²) >= 11 is 0. The first-order chi connectivity index (χ1) is 11.3. The molecule has 1 aliphatic rings. The molecule has 0 N–H and O–H groups in total. The molecule has 1 saturated carbocycles. The SMILES string of the molecule is Cc1cc(CN(C)C(=O)[C@@H]2C[C@@H]2c2cccc(C(F)(F)F)c2)no1. The third-order valence-electron chi connectivity index (χ3n) is 4.20. The van der Waals surface area contributed by atoms with Crippen LogP contribution in [0.4, 0.5) is 13.2 Å². The van der Waals surface area contributed by atoms with E-state index in [1.165, 1.54) is 11.0 Å². The highest BCUT2D eigenvalue weighted by Crippen LogP contribution is 2.49. The van der Waals surface area contributed by atoms with E-state index >= 15 is 0 Å². The quantitative estimate of drug-likeness (QED) is 0.853. The van der Waals surface area contributed by atoms with Gasteiger partial charge in [0.15, 0.2) is 0 Å². The Morgan fingerprint density at radius 1 is 1.38 bits per heavy atom. The second kappa shape index (κ2) is 5.96. The normalized spacial score (nSPS) is 20.0. The lowest BCUT2D eigenvalue weighted by Gasteiger charge is -2.15. The highest BCUT2D eigenvalue weighted by molar-refractivity contribution is 5.82. The number of nitrogens with zero attached hydrogens (tertiary/aromatic N) is 2. The number of halogens is 3. The number of alkyl halides is 3. The maximum absolute atomic E-state index is 12.8. The summed E-state index contributed by atoms with van der Waals surface area (Å²) in [5.74, 6) is 0.157. The fourth-order valence-electron chi connectivity index (χ4n) is 2.88. The van der Waals surface area contributed by atoms with Gasteiger partial charge in [0.05, 0.1) is 12.1 Å². The van der Waals surface area contributed by atoms with E-state index < -0.39 is 11.7 Å². The summed E-state index contributed by atoms with van der Waals surface area (Å²) in [4.78, 5) is 14.0. The maximum atomic E-state index is 12.8. The molecule has 0 radical (unpaired) electrons. The smallest absolute Gasteiger partial charge is 0.361 e. The predicted octanol–water partition coefficient (Wildman–Crippen LogP) is 3.76. The Bertz CT molecular complexity index is 754. The molecule has 128 valence electrons. The highest BCUT2D eigenvalue weighted by atomic mass is 19.4. The standard InChI is InChI=1S/C17H17F3N2O2/c1-10-6-13(21-24-10)9-22(2)16(23)15-8-14(15)11-4-3-5-12(7-11)17(18,19)20/h3-7,14-15H,8-9H2,1-2H3/t14-,15-/m1/s1. The second-order valence-corrected chi connectivity index (χ2v) is 6.20. The van der Waals surface area contributed by atoms with Crippen LogP contribution >= 0.6 is 0 Å². The van der Waals surface area contributed by atoms with Crippen molar-refractivity contribution in [1.82, 2.24) is 10.1 Å². The number of carbonyl (C=O) groups excluding carboxylic acids is 1. The topological polar surface area (TPSA) is 46.3 Å². The fourth-order valence-corrected chi connectivity index (χ4v) is 2.88. The third kappa shape index (κ3) is 3.44. The van der Waals surface area contributed by atoms with Gasteiger partial charge in [-0.2, -0.15) is 13.2 Å². The Morgan fingerprint density at radius 3 is 2.75 bits per heavy atom. The lowest BCUT2D eigenvalue weighted by Crippen LogP contribution is -2.28. The van der Waals surface area contributed by atoms with Crippen molar-refractivity contribution in [3.05, 3.63) is 52.9 Å². The van der Waals surface area contributed by atoms with E-state index in [9.17, 15) is 18.0 Å². The zero-order valence-electron chi connectivity index (χ0n) is 13.3. The fraction of sp³-hybridized carbons (Fsp3) is 0.412. The van der Waals surface area contributed by atoms with Crippen molar-refractivity contribution in [3.63, 3.8) is 0 Å². The van der Waals surface area contributed by atoms with Crippen LogP contribution in [0.5, 0.6) is 0 Å². The minimum Gasteiger partial charge on any atom is -0.361 e. The Kier molecular flexibility index (Phi) is 4.11. The van der Waals surface area contributed by atoms with Crippen molar-refractivity contribution in [1.29, 1.82) is 0 Å². The van der Waals surface area contributed by atoms with Crippen molar-refractivity contribution in [2.45, 2.75) is 32.0 Å². The first kappa shape index (κ1) is 16.5. The molecule has 0 aliphatic heterocycles. The van der Waals surface area contributed by atoms with Gasteiger partial charge < -0.3 is 9.42 Å². The van der Waals surface area contributed by atoms with E-state index in [4.69, 9.17) is 4.52 Å². The van der Waals surface area contributed by atoms with Crippen molar-refractivity contribution < 1.29 is 22.5 Å². The Morgan fingerprint density at radius 2 is 2.12 bits per heavy atom. The summed E-state index contributed by atoms with van der Waals surface area (Å²) in [6, 6.07) is 6.97. The first-order valence-electron chi connectivity index (χ1n) is 7.60. The monoisotopic (exact) mass is 338 g/mol. The number of aromatic nitrogens is 1. The molecule has 4 nitrogen and oxygen atoms in total. The zero-order valence-corrected chi connectivity index (χ0v) is 13.3. The molecule has 24 heavy (non-hydrogen) atoms. The van der Waals surface area contributed by atoms with Crippen LogP contribution in [-0.2, 0) is 17.5 Å². The molecule has 3 rings (SSSR count). The third-order valence-corrected chi connectivity index (χ3v) is 4.20. The number of aryl methyl sites for hydroxylation is 1. The minimum atomic E-state index is -4.37. The van der Waals surface area contributed by atoms with Gasteiger partial charge >= 0.3 is 6.18 Å². The van der Waals surface area contributed by atoms with Gasteiger partial charge in [0.25, 0.3) is 0 Å². The first-order valence-corrected chi connectivity index (χ1v) is 7.60. The van der Waals surface area contributed by atoms with Gasteiger partial charge in [-0.05, 0) is 30.9 Å². The van der Waals surface area contributed by atoms with E-state index in [0.717, 1.165) is 12.1 Å². The Labute approximate surface area is 137 Å². The molecule has 0 unspecified atom stereocenters. The van der Waals surface area contributed by atoms with Crippen LogP contribution < -0.4 is 0 Å². The molecule has 1 fully saturated rings. The molecule has 0 saturated heterocycles. The average molecular weight is 338 g/mol. The van der Waals surface area contributed by atoms with E-state index in [-0.39, 0.29) is 17.7 Å². The molecule has 2 atom stereocenters. The molecule has 1 aromatic carbocycles. The molecule has 1 aromatic heterocycles. The minimum absolute atomic E-state index is 0.0851. The number of rotatable bonds is 4. The van der Waals surface area contributed by atoms with E-state index in [1.54, 1.807) is 26.1 Å². The van der Waals surface area contributed by atoms with Gasteiger partial charge in [-0.25, -0.2) is 0 Å². The van der Waals surface area contributed by atoms with Gasteiger partial charge in [0.2, 0.25) is 5.91 Å². The molecule has 1 amide bonds. The molecule has 7 heteroatoms.